The number of rotatable bonds is 4. The van der Waals surface area contributed by atoms with Gasteiger partial charge in [-0.2, -0.15) is 4.31 Å². The summed E-state index contributed by atoms with van der Waals surface area (Å²) in [5.74, 6) is -0.227. The second-order valence-electron chi connectivity index (χ2n) is 6.15. The van der Waals surface area contributed by atoms with E-state index in [0.717, 1.165) is 11.8 Å². The fourth-order valence-corrected chi connectivity index (χ4v) is 3.65. The number of benzene rings is 1. The van der Waals surface area contributed by atoms with Gasteiger partial charge in [-0.25, -0.2) is 13.4 Å². The molecule has 1 saturated heterocycles. The summed E-state index contributed by atoms with van der Waals surface area (Å²) in [6, 6.07) is 10.7. The highest BCUT2D eigenvalue weighted by Crippen LogP contribution is 2.13. The number of amides is 1. The van der Waals surface area contributed by atoms with Crippen molar-refractivity contribution in [2.24, 2.45) is 0 Å². The molecular weight excluding hydrogens is 356 g/mol. The minimum absolute atomic E-state index is 0.111. The fourth-order valence-electron chi connectivity index (χ4n) is 2.83. The van der Waals surface area contributed by atoms with E-state index in [1.165, 1.54) is 21.3 Å². The van der Waals surface area contributed by atoms with Crippen LogP contribution in [0.25, 0.3) is 11.3 Å². The van der Waals surface area contributed by atoms with Gasteiger partial charge in [0.2, 0.25) is 15.9 Å². The van der Waals surface area contributed by atoms with Crippen LogP contribution < -0.4 is 5.56 Å². The molecule has 138 valence electrons. The maximum atomic E-state index is 12.4. The van der Waals surface area contributed by atoms with E-state index < -0.39 is 10.0 Å². The van der Waals surface area contributed by atoms with Gasteiger partial charge in [-0.15, -0.1) is 0 Å². The minimum Gasteiger partial charge on any atom is -0.338 e. The van der Waals surface area contributed by atoms with Gasteiger partial charge in [0.1, 0.15) is 6.54 Å². The summed E-state index contributed by atoms with van der Waals surface area (Å²) >= 11 is 0. The highest BCUT2D eigenvalue weighted by molar-refractivity contribution is 7.88. The minimum atomic E-state index is -3.24. The monoisotopic (exact) mass is 376 g/mol. The normalized spacial score (nSPS) is 15.8. The zero-order chi connectivity index (χ0) is 18.7. The summed E-state index contributed by atoms with van der Waals surface area (Å²) in [4.78, 5) is 30.5. The van der Waals surface area contributed by atoms with E-state index in [1.807, 2.05) is 30.3 Å². The van der Waals surface area contributed by atoms with Gasteiger partial charge in [-0.1, -0.05) is 30.3 Å². The van der Waals surface area contributed by atoms with Crippen molar-refractivity contribution < 1.29 is 13.2 Å². The van der Waals surface area contributed by atoms with E-state index in [-0.39, 0.29) is 31.1 Å². The van der Waals surface area contributed by atoms with Crippen LogP contribution >= 0.6 is 0 Å². The van der Waals surface area contributed by atoms with Gasteiger partial charge < -0.3 is 4.90 Å². The van der Waals surface area contributed by atoms with Crippen LogP contribution in [0.1, 0.15) is 0 Å². The number of hydrogen-bond donors (Lipinski definition) is 0. The molecule has 0 saturated carbocycles. The Hall–Kier alpha value is -2.52. The Kier molecular flexibility index (Phi) is 5.19. The Morgan fingerprint density at radius 1 is 1.12 bits per heavy atom. The van der Waals surface area contributed by atoms with Gasteiger partial charge in [0.25, 0.3) is 5.56 Å². The lowest BCUT2D eigenvalue weighted by Gasteiger charge is -2.33. The summed E-state index contributed by atoms with van der Waals surface area (Å²) in [7, 11) is -3.24. The quantitative estimate of drug-likeness (QED) is 0.750. The highest BCUT2D eigenvalue weighted by atomic mass is 32.2. The Morgan fingerprint density at radius 2 is 1.77 bits per heavy atom. The largest absolute Gasteiger partial charge is 0.338 e. The number of hydrogen-bond acceptors (Lipinski definition) is 5. The molecule has 1 aliphatic rings. The third-order valence-electron chi connectivity index (χ3n) is 4.31. The molecule has 0 atom stereocenters. The third kappa shape index (κ3) is 4.17. The van der Waals surface area contributed by atoms with Gasteiger partial charge >= 0.3 is 0 Å². The zero-order valence-corrected chi connectivity index (χ0v) is 15.2. The van der Waals surface area contributed by atoms with Crippen LogP contribution in [-0.2, 0) is 21.4 Å². The van der Waals surface area contributed by atoms with E-state index in [4.69, 9.17) is 0 Å². The van der Waals surface area contributed by atoms with Gasteiger partial charge in [0.05, 0.1) is 18.3 Å². The number of carbonyl (C=O) groups is 1. The van der Waals surface area contributed by atoms with Gasteiger partial charge in [-0.05, 0) is 0 Å². The summed E-state index contributed by atoms with van der Waals surface area (Å²) in [5.41, 5.74) is 1.09. The molecule has 1 aromatic heterocycles. The number of carbonyl (C=O) groups excluding carboxylic acids is 1. The first-order valence-electron chi connectivity index (χ1n) is 8.19. The molecule has 2 heterocycles. The third-order valence-corrected chi connectivity index (χ3v) is 5.62. The van der Waals surface area contributed by atoms with Crippen LogP contribution in [-0.4, -0.2) is 65.5 Å². The van der Waals surface area contributed by atoms with Crippen LogP contribution in [0.2, 0.25) is 0 Å². The molecule has 0 bridgehead atoms. The van der Waals surface area contributed by atoms with E-state index in [2.05, 4.69) is 4.98 Å². The van der Waals surface area contributed by atoms with Crippen molar-refractivity contribution in [3.8, 4) is 11.3 Å². The van der Waals surface area contributed by atoms with Crippen LogP contribution in [0.4, 0.5) is 0 Å². The van der Waals surface area contributed by atoms with Crippen molar-refractivity contribution in [3.05, 3.63) is 53.1 Å². The van der Waals surface area contributed by atoms with Gasteiger partial charge in [0, 0.05) is 37.8 Å². The molecule has 2 aromatic rings. The maximum Gasteiger partial charge on any atom is 0.254 e. The van der Waals surface area contributed by atoms with Crippen LogP contribution in [0, 0.1) is 0 Å². The molecule has 0 radical (unpaired) electrons. The van der Waals surface area contributed by atoms with E-state index in [9.17, 15) is 18.0 Å². The van der Waals surface area contributed by atoms with E-state index in [0.29, 0.717) is 18.8 Å². The lowest BCUT2D eigenvalue weighted by Crippen LogP contribution is -2.51. The standard InChI is InChI=1S/C17H20N4O4S/c1-26(24,25)21-9-7-19(8-10-21)17(23)12-20-13-18-15(11-16(20)22)14-5-3-2-4-6-14/h2-6,11,13H,7-10,12H2,1H3. The Bertz CT molecular complexity index is 948. The molecule has 26 heavy (non-hydrogen) atoms. The summed E-state index contributed by atoms with van der Waals surface area (Å²) < 4.78 is 25.6. The molecule has 0 unspecified atom stereocenters. The van der Waals surface area contributed by atoms with Gasteiger partial charge in [-0.3, -0.25) is 14.2 Å². The predicted molar refractivity (Wildman–Crippen MR) is 96.9 cm³/mol. The number of aromatic nitrogens is 2. The fraction of sp³-hybridized carbons (Fsp3) is 0.353. The number of sulfonamides is 1. The average Bonchev–Trinajstić information content (AvgIpc) is 2.63. The summed E-state index contributed by atoms with van der Waals surface area (Å²) in [6.45, 7) is 1.06. The van der Waals surface area contributed by atoms with Crippen LogP contribution in [0.3, 0.4) is 0 Å². The van der Waals surface area contributed by atoms with Crippen molar-refractivity contribution in [2.75, 3.05) is 32.4 Å². The van der Waals surface area contributed by atoms with Crippen LogP contribution in [0.15, 0.2) is 47.5 Å². The second-order valence-corrected chi connectivity index (χ2v) is 8.13. The number of nitrogens with zero attached hydrogens (tertiary/aromatic N) is 4. The smallest absolute Gasteiger partial charge is 0.254 e. The summed E-state index contributed by atoms with van der Waals surface area (Å²) in [6.07, 6.45) is 2.53. The maximum absolute atomic E-state index is 12.4. The molecule has 1 aromatic carbocycles. The molecule has 1 amide bonds. The molecule has 1 fully saturated rings. The van der Waals surface area contributed by atoms with E-state index in [1.54, 1.807) is 4.90 Å². The van der Waals surface area contributed by atoms with Crippen molar-refractivity contribution in [2.45, 2.75) is 6.54 Å². The van der Waals surface area contributed by atoms with Crippen molar-refractivity contribution in [3.63, 3.8) is 0 Å². The first-order chi connectivity index (χ1) is 12.3. The first kappa shape index (κ1) is 18.3. The molecule has 3 rings (SSSR count). The van der Waals surface area contributed by atoms with Crippen LogP contribution in [0.5, 0.6) is 0 Å². The average molecular weight is 376 g/mol. The Morgan fingerprint density at radius 3 is 2.35 bits per heavy atom. The predicted octanol–water partition coefficient (Wildman–Crippen LogP) is 0.0141. The van der Waals surface area contributed by atoms with Gasteiger partial charge in [0.15, 0.2) is 0 Å². The SMILES string of the molecule is CS(=O)(=O)N1CCN(C(=O)Cn2cnc(-c3ccccc3)cc2=O)CC1. The van der Waals surface area contributed by atoms with E-state index >= 15 is 0 Å². The molecule has 0 aliphatic carbocycles. The molecule has 0 N–H and O–H groups in total. The molecule has 1 aliphatic heterocycles. The van der Waals surface area contributed by atoms with Crippen molar-refractivity contribution in [1.82, 2.24) is 18.8 Å². The van der Waals surface area contributed by atoms with Crippen molar-refractivity contribution >= 4 is 15.9 Å². The molecule has 9 heteroatoms. The topological polar surface area (TPSA) is 92.6 Å². The molecule has 8 nitrogen and oxygen atoms in total. The number of piperazine rings is 1. The highest BCUT2D eigenvalue weighted by Gasteiger charge is 2.26. The summed E-state index contributed by atoms with van der Waals surface area (Å²) in [5, 5.41) is 0. The Labute approximate surface area is 151 Å². The lowest BCUT2D eigenvalue weighted by molar-refractivity contribution is -0.133. The second kappa shape index (κ2) is 7.38. The van der Waals surface area contributed by atoms with Crippen molar-refractivity contribution in [1.29, 1.82) is 0 Å². The zero-order valence-electron chi connectivity index (χ0n) is 14.4. The Balaban J connectivity index is 1.66. The first-order valence-corrected chi connectivity index (χ1v) is 10.0. The molecule has 0 spiro atoms. The lowest BCUT2D eigenvalue weighted by atomic mass is 10.1. The molecular formula is C17H20N4O4S.